The molecule has 0 aromatic heterocycles. The third kappa shape index (κ3) is 6.03. The predicted octanol–water partition coefficient (Wildman–Crippen LogP) is 5.90. The molecule has 0 saturated carbocycles. The molecule has 1 aliphatic rings. The first kappa shape index (κ1) is 29.2. The standard InChI is InChI=1S/C31H34ClNO7/c1-6-19-9-8-10-23(29(19)38-5)30-24-15-21(32)12-14-25(24)33(31(35)27(40-30)17-28(34)39-7-2)18-20-11-13-22(36-3)16-26(20)37-4/h8-16,27,30H,6-7,17-18H2,1-5H3/t27-,30-/m0/s1. The molecule has 0 unspecified atom stereocenters. The van der Waals surface area contributed by atoms with Gasteiger partial charge in [0.2, 0.25) is 0 Å². The average Bonchev–Trinajstić information content (AvgIpc) is 3.07. The summed E-state index contributed by atoms with van der Waals surface area (Å²) in [5.41, 5.74) is 3.75. The van der Waals surface area contributed by atoms with Crippen LogP contribution >= 0.6 is 11.6 Å². The summed E-state index contributed by atoms with van der Waals surface area (Å²) in [6.07, 6.45) is -1.40. The number of rotatable bonds is 10. The number of hydrogen-bond donors (Lipinski definition) is 0. The van der Waals surface area contributed by atoms with Crippen molar-refractivity contribution in [1.29, 1.82) is 0 Å². The first-order valence-corrected chi connectivity index (χ1v) is 13.5. The Hall–Kier alpha value is -3.75. The molecule has 2 atom stereocenters. The van der Waals surface area contributed by atoms with Gasteiger partial charge in [-0.3, -0.25) is 9.59 Å². The van der Waals surface area contributed by atoms with Gasteiger partial charge in [-0.25, -0.2) is 0 Å². The van der Waals surface area contributed by atoms with Crippen molar-refractivity contribution in [2.24, 2.45) is 0 Å². The third-order valence-electron chi connectivity index (χ3n) is 6.88. The van der Waals surface area contributed by atoms with Crippen LogP contribution < -0.4 is 19.1 Å². The molecule has 3 aromatic carbocycles. The Morgan fingerprint density at radius 2 is 1.75 bits per heavy atom. The van der Waals surface area contributed by atoms with Crippen LogP contribution in [-0.4, -0.2) is 45.9 Å². The second-order valence-electron chi connectivity index (χ2n) is 9.21. The number of methoxy groups -OCH3 is 3. The fourth-order valence-corrected chi connectivity index (χ4v) is 5.15. The van der Waals surface area contributed by atoms with Crippen LogP contribution in [0.15, 0.2) is 54.6 Å². The van der Waals surface area contributed by atoms with E-state index in [-0.39, 0.29) is 25.5 Å². The molecular weight excluding hydrogens is 534 g/mol. The second-order valence-corrected chi connectivity index (χ2v) is 9.65. The van der Waals surface area contributed by atoms with Gasteiger partial charge in [0.25, 0.3) is 5.91 Å². The lowest BCUT2D eigenvalue weighted by Gasteiger charge is -2.26. The SMILES string of the molecule is CCOC(=O)C[C@@H]1O[C@@H](c2cccc(CC)c2OC)c2cc(Cl)ccc2N(Cc2ccc(OC)cc2OC)C1=O. The molecule has 1 amide bonds. The Balaban J connectivity index is 1.90. The maximum Gasteiger partial charge on any atom is 0.308 e. The summed E-state index contributed by atoms with van der Waals surface area (Å²) in [6.45, 7) is 4.11. The number of esters is 1. The van der Waals surface area contributed by atoms with Gasteiger partial charge in [-0.1, -0.05) is 36.7 Å². The zero-order chi connectivity index (χ0) is 28.8. The number of hydrogen-bond acceptors (Lipinski definition) is 7. The van der Waals surface area contributed by atoms with Crippen LogP contribution in [0.4, 0.5) is 5.69 Å². The van der Waals surface area contributed by atoms with Gasteiger partial charge in [0, 0.05) is 27.8 Å². The Labute approximate surface area is 239 Å². The molecular formula is C31H34ClNO7. The normalized spacial score (nSPS) is 16.6. The number of fused-ring (bicyclic) bond motifs is 1. The molecule has 212 valence electrons. The first-order chi connectivity index (χ1) is 19.3. The van der Waals surface area contributed by atoms with Gasteiger partial charge in [-0.15, -0.1) is 0 Å². The van der Waals surface area contributed by atoms with E-state index >= 15 is 0 Å². The molecule has 0 N–H and O–H groups in total. The number of anilines is 1. The molecule has 9 heteroatoms. The maximum absolute atomic E-state index is 14.2. The molecule has 3 aromatic rings. The van der Waals surface area contributed by atoms with Crippen LogP contribution in [0, 0.1) is 0 Å². The van der Waals surface area contributed by atoms with Gasteiger partial charge < -0.3 is 28.6 Å². The van der Waals surface area contributed by atoms with Crippen molar-refractivity contribution in [3.8, 4) is 17.2 Å². The lowest BCUT2D eigenvalue weighted by Crippen LogP contribution is -2.40. The van der Waals surface area contributed by atoms with Crippen LogP contribution in [0.25, 0.3) is 0 Å². The topological polar surface area (TPSA) is 83.5 Å². The van der Waals surface area contributed by atoms with Gasteiger partial charge in [0.15, 0.2) is 0 Å². The van der Waals surface area contributed by atoms with E-state index in [0.29, 0.717) is 33.5 Å². The van der Waals surface area contributed by atoms with Gasteiger partial charge >= 0.3 is 5.97 Å². The second kappa shape index (κ2) is 13.1. The number of aryl methyl sites for hydroxylation is 1. The fourth-order valence-electron chi connectivity index (χ4n) is 4.97. The zero-order valence-electron chi connectivity index (χ0n) is 23.4. The Morgan fingerprint density at radius 3 is 2.42 bits per heavy atom. The molecule has 4 rings (SSSR count). The minimum atomic E-state index is -1.13. The van der Waals surface area contributed by atoms with Crippen molar-refractivity contribution in [3.63, 3.8) is 0 Å². The smallest absolute Gasteiger partial charge is 0.308 e. The van der Waals surface area contributed by atoms with Crippen molar-refractivity contribution >= 4 is 29.2 Å². The van der Waals surface area contributed by atoms with Crippen molar-refractivity contribution in [2.45, 2.75) is 45.4 Å². The van der Waals surface area contributed by atoms with Crippen LogP contribution in [0.1, 0.15) is 48.6 Å². The van der Waals surface area contributed by atoms with Gasteiger partial charge in [-0.2, -0.15) is 0 Å². The molecule has 1 aliphatic heterocycles. The van der Waals surface area contributed by atoms with E-state index in [1.807, 2.05) is 31.2 Å². The van der Waals surface area contributed by atoms with Crippen molar-refractivity contribution in [3.05, 3.63) is 81.9 Å². The number of para-hydroxylation sites is 1. The summed E-state index contributed by atoms with van der Waals surface area (Å²) in [5.74, 6) is 0.932. The molecule has 0 aliphatic carbocycles. The highest BCUT2D eigenvalue weighted by Gasteiger charge is 2.39. The minimum Gasteiger partial charge on any atom is -0.497 e. The lowest BCUT2D eigenvalue weighted by molar-refractivity contribution is -0.151. The highest BCUT2D eigenvalue weighted by molar-refractivity contribution is 6.30. The maximum atomic E-state index is 14.2. The van der Waals surface area contributed by atoms with Crippen molar-refractivity contribution in [2.75, 3.05) is 32.8 Å². The summed E-state index contributed by atoms with van der Waals surface area (Å²) in [7, 11) is 4.75. The Morgan fingerprint density at radius 1 is 0.950 bits per heavy atom. The van der Waals surface area contributed by atoms with Crippen LogP contribution in [0.2, 0.25) is 5.02 Å². The summed E-state index contributed by atoms with van der Waals surface area (Å²) in [4.78, 5) is 28.4. The van der Waals surface area contributed by atoms with E-state index in [9.17, 15) is 9.59 Å². The van der Waals surface area contributed by atoms with Gasteiger partial charge in [0.05, 0.1) is 46.6 Å². The number of benzene rings is 3. The quantitative estimate of drug-likeness (QED) is 0.282. The van der Waals surface area contributed by atoms with Crippen LogP contribution in [-0.2, 0) is 32.0 Å². The van der Waals surface area contributed by atoms with Crippen LogP contribution in [0.3, 0.4) is 0 Å². The molecule has 40 heavy (non-hydrogen) atoms. The Kier molecular flexibility index (Phi) is 9.55. The number of halogens is 1. The summed E-state index contributed by atoms with van der Waals surface area (Å²) in [6, 6.07) is 16.5. The lowest BCUT2D eigenvalue weighted by atomic mass is 9.95. The van der Waals surface area contributed by atoms with Gasteiger partial charge in [-0.05, 0) is 49.2 Å². The van der Waals surface area contributed by atoms with E-state index < -0.39 is 18.2 Å². The monoisotopic (exact) mass is 567 g/mol. The number of ether oxygens (including phenoxy) is 5. The largest absolute Gasteiger partial charge is 0.497 e. The number of carbonyl (C=O) groups excluding carboxylic acids is 2. The van der Waals surface area contributed by atoms with E-state index in [2.05, 4.69) is 0 Å². The molecule has 0 spiro atoms. The summed E-state index contributed by atoms with van der Waals surface area (Å²) in [5, 5.41) is 0.483. The molecule has 0 fully saturated rings. The predicted molar refractivity (Wildman–Crippen MR) is 153 cm³/mol. The highest BCUT2D eigenvalue weighted by Crippen LogP contribution is 2.44. The Bertz CT molecular complexity index is 1380. The van der Waals surface area contributed by atoms with Crippen molar-refractivity contribution in [1.82, 2.24) is 0 Å². The summed E-state index contributed by atoms with van der Waals surface area (Å²) >= 11 is 6.50. The third-order valence-corrected chi connectivity index (χ3v) is 7.11. The first-order valence-electron chi connectivity index (χ1n) is 13.1. The fraction of sp³-hybridized carbons (Fsp3) is 0.355. The molecule has 0 saturated heterocycles. The van der Waals surface area contributed by atoms with E-state index in [1.165, 1.54) is 0 Å². The summed E-state index contributed by atoms with van der Waals surface area (Å²) < 4.78 is 28.5. The van der Waals surface area contributed by atoms with Crippen molar-refractivity contribution < 1.29 is 33.3 Å². The molecule has 0 radical (unpaired) electrons. The van der Waals surface area contributed by atoms with Gasteiger partial charge in [0.1, 0.15) is 29.5 Å². The minimum absolute atomic E-state index is 0.155. The number of amides is 1. The average molecular weight is 568 g/mol. The van der Waals surface area contributed by atoms with Crippen LogP contribution in [0.5, 0.6) is 17.2 Å². The van der Waals surface area contributed by atoms with E-state index in [1.54, 1.807) is 63.5 Å². The number of carbonyl (C=O) groups is 2. The molecule has 0 bridgehead atoms. The zero-order valence-corrected chi connectivity index (χ0v) is 24.1. The van der Waals surface area contributed by atoms with E-state index in [0.717, 1.165) is 23.1 Å². The molecule has 8 nitrogen and oxygen atoms in total. The highest BCUT2D eigenvalue weighted by atomic mass is 35.5. The van der Waals surface area contributed by atoms with E-state index in [4.69, 9.17) is 35.3 Å². The number of nitrogens with zero attached hydrogens (tertiary/aromatic N) is 1. The molecule has 1 heterocycles.